The standard InChI is InChI=1S/C16H18BrNO3S/c17-11-3-1-10(2-4-11)12-9-13(12)14(19)18-16(15(20)21)5-7-22-8-6-16/h1-4,12-13H,5-9H2,(H,18,19)(H,20,21). The molecule has 1 saturated heterocycles. The van der Waals surface area contributed by atoms with Crippen LogP contribution in [0.3, 0.4) is 0 Å². The van der Waals surface area contributed by atoms with Crippen LogP contribution in [-0.2, 0) is 9.59 Å². The number of thioether (sulfide) groups is 1. The highest BCUT2D eigenvalue weighted by Gasteiger charge is 2.48. The molecule has 6 heteroatoms. The summed E-state index contributed by atoms with van der Waals surface area (Å²) in [5.74, 6) is 0.689. The van der Waals surface area contributed by atoms with Crippen LogP contribution >= 0.6 is 27.7 Å². The second-order valence-electron chi connectivity index (χ2n) is 5.99. The lowest BCUT2D eigenvalue weighted by molar-refractivity contribution is -0.148. The molecule has 2 aliphatic rings. The van der Waals surface area contributed by atoms with Gasteiger partial charge in [0, 0.05) is 10.4 Å². The highest BCUT2D eigenvalue weighted by Crippen LogP contribution is 2.48. The molecule has 2 N–H and O–H groups in total. The summed E-state index contributed by atoms with van der Waals surface area (Å²) < 4.78 is 1.02. The molecule has 1 aliphatic heterocycles. The van der Waals surface area contributed by atoms with Gasteiger partial charge in [-0.25, -0.2) is 4.79 Å². The van der Waals surface area contributed by atoms with Crippen molar-refractivity contribution in [1.82, 2.24) is 5.32 Å². The molecule has 2 unspecified atom stereocenters. The number of aliphatic carboxylic acids is 1. The monoisotopic (exact) mass is 383 g/mol. The van der Waals surface area contributed by atoms with Gasteiger partial charge in [0.2, 0.25) is 5.91 Å². The fourth-order valence-electron chi connectivity index (χ4n) is 3.00. The van der Waals surface area contributed by atoms with E-state index in [-0.39, 0.29) is 17.7 Å². The Balaban J connectivity index is 1.65. The van der Waals surface area contributed by atoms with Crippen molar-refractivity contribution in [1.29, 1.82) is 0 Å². The Hall–Kier alpha value is -1.01. The summed E-state index contributed by atoms with van der Waals surface area (Å²) in [6.45, 7) is 0. The van der Waals surface area contributed by atoms with E-state index >= 15 is 0 Å². The predicted octanol–water partition coefficient (Wildman–Crippen LogP) is 3.02. The van der Waals surface area contributed by atoms with Crippen molar-refractivity contribution in [3.8, 4) is 0 Å². The zero-order chi connectivity index (χ0) is 15.7. The third-order valence-corrected chi connectivity index (χ3v) is 6.06. The first kappa shape index (κ1) is 15.9. The molecule has 1 saturated carbocycles. The molecule has 1 aliphatic carbocycles. The van der Waals surface area contributed by atoms with Crippen LogP contribution in [0.2, 0.25) is 0 Å². The lowest BCUT2D eigenvalue weighted by Crippen LogP contribution is -2.57. The number of rotatable bonds is 4. The number of amides is 1. The average Bonchev–Trinajstić information content (AvgIpc) is 3.29. The van der Waals surface area contributed by atoms with Crippen molar-refractivity contribution in [3.05, 3.63) is 34.3 Å². The van der Waals surface area contributed by atoms with Gasteiger partial charge in [0.15, 0.2) is 0 Å². The Kier molecular flexibility index (Phi) is 4.50. The van der Waals surface area contributed by atoms with Crippen LogP contribution in [-0.4, -0.2) is 34.0 Å². The third kappa shape index (κ3) is 3.18. The van der Waals surface area contributed by atoms with Crippen molar-refractivity contribution in [2.45, 2.75) is 30.7 Å². The molecule has 4 nitrogen and oxygen atoms in total. The Bertz CT molecular complexity index is 584. The fourth-order valence-corrected chi connectivity index (χ4v) is 4.46. The highest BCUT2D eigenvalue weighted by atomic mass is 79.9. The van der Waals surface area contributed by atoms with E-state index in [1.54, 1.807) is 11.8 Å². The first-order valence-electron chi connectivity index (χ1n) is 7.40. The number of halogens is 1. The van der Waals surface area contributed by atoms with Crippen LogP contribution in [0.4, 0.5) is 0 Å². The number of carbonyl (C=O) groups is 2. The molecule has 1 heterocycles. The molecule has 0 radical (unpaired) electrons. The summed E-state index contributed by atoms with van der Waals surface area (Å²) in [7, 11) is 0. The van der Waals surface area contributed by atoms with Gasteiger partial charge >= 0.3 is 5.97 Å². The minimum atomic E-state index is -1.06. The first-order chi connectivity index (χ1) is 10.5. The minimum Gasteiger partial charge on any atom is -0.480 e. The quantitative estimate of drug-likeness (QED) is 0.838. The maximum atomic E-state index is 12.4. The summed E-state index contributed by atoms with van der Waals surface area (Å²) in [5, 5.41) is 12.4. The van der Waals surface area contributed by atoms with E-state index in [0.717, 1.165) is 28.0 Å². The molecule has 0 bridgehead atoms. The van der Waals surface area contributed by atoms with E-state index in [2.05, 4.69) is 21.2 Å². The van der Waals surface area contributed by atoms with Gasteiger partial charge in [0.05, 0.1) is 0 Å². The predicted molar refractivity (Wildman–Crippen MR) is 90.1 cm³/mol. The molecule has 3 rings (SSSR count). The molecule has 22 heavy (non-hydrogen) atoms. The van der Waals surface area contributed by atoms with E-state index in [0.29, 0.717) is 12.8 Å². The Labute approximate surface area is 142 Å². The maximum absolute atomic E-state index is 12.4. The summed E-state index contributed by atoms with van der Waals surface area (Å²) in [6.07, 6.45) is 1.82. The Morgan fingerprint density at radius 2 is 1.86 bits per heavy atom. The topological polar surface area (TPSA) is 66.4 Å². The summed E-state index contributed by atoms with van der Waals surface area (Å²) in [4.78, 5) is 24.1. The molecule has 0 aromatic heterocycles. The summed E-state index contributed by atoms with van der Waals surface area (Å²) in [6, 6.07) is 7.98. The van der Waals surface area contributed by atoms with Crippen molar-refractivity contribution in [2.75, 3.05) is 11.5 Å². The van der Waals surface area contributed by atoms with Gasteiger partial charge in [-0.1, -0.05) is 28.1 Å². The van der Waals surface area contributed by atoms with Crippen molar-refractivity contribution < 1.29 is 14.7 Å². The minimum absolute atomic E-state index is 0.0908. The molecule has 1 amide bonds. The van der Waals surface area contributed by atoms with Gasteiger partial charge in [-0.05, 0) is 54.4 Å². The smallest absolute Gasteiger partial charge is 0.329 e. The van der Waals surface area contributed by atoms with E-state index in [1.165, 1.54) is 0 Å². The van der Waals surface area contributed by atoms with Gasteiger partial charge < -0.3 is 10.4 Å². The number of carbonyl (C=O) groups excluding carboxylic acids is 1. The average molecular weight is 384 g/mol. The van der Waals surface area contributed by atoms with E-state index in [9.17, 15) is 14.7 Å². The maximum Gasteiger partial charge on any atom is 0.329 e. The van der Waals surface area contributed by atoms with Gasteiger partial charge in [0.1, 0.15) is 5.54 Å². The normalized spacial score (nSPS) is 26.2. The lowest BCUT2D eigenvalue weighted by atomic mass is 9.92. The van der Waals surface area contributed by atoms with E-state index < -0.39 is 11.5 Å². The molecule has 2 atom stereocenters. The molecule has 1 aromatic carbocycles. The van der Waals surface area contributed by atoms with Crippen LogP contribution in [0, 0.1) is 5.92 Å². The van der Waals surface area contributed by atoms with Crippen LogP contribution in [0.1, 0.15) is 30.7 Å². The lowest BCUT2D eigenvalue weighted by Gasteiger charge is -2.33. The van der Waals surface area contributed by atoms with Gasteiger partial charge in [-0.3, -0.25) is 4.79 Å². The van der Waals surface area contributed by atoms with Crippen LogP contribution in [0.25, 0.3) is 0 Å². The second-order valence-corrected chi connectivity index (χ2v) is 8.13. The summed E-state index contributed by atoms with van der Waals surface area (Å²) >= 11 is 5.15. The largest absolute Gasteiger partial charge is 0.480 e. The van der Waals surface area contributed by atoms with E-state index in [4.69, 9.17) is 0 Å². The fraction of sp³-hybridized carbons (Fsp3) is 0.500. The zero-order valence-corrected chi connectivity index (χ0v) is 14.5. The number of nitrogens with one attached hydrogen (secondary N) is 1. The highest BCUT2D eigenvalue weighted by molar-refractivity contribution is 9.10. The van der Waals surface area contributed by atoms with Crippen LogP contribution in [0.5, 0.6) is 0 Å². The van der Waals surface area contributed by atoms with Crippen LogP contribution in [0.15, 0.2) is 28.7 Å². The van der Waals surface area contributed by atoms with E-state index in [1.807, 2.05) is 24.3 Å². The van der Waals surface area contributed by atoms with Gasteiger partial charge in [0.25, 0.3) is 0 Å². The van der Waals surface area contributed by atoms with Crippen molar-refractivity contribution in [2.24, 2.45) is 5.92 Å². The molecule has 0 spiro atoms. The van der Waals surface area contributed by atoms with Gasteiger partial charge in [-0.15, -0.1) is 0 Å². The summed E-state index contributed by atoms with van der Waals surface area (Å²) in [5.41, 5.74) is 0.0850. The first-order valence-corrected chi connectivity index (χ1v) is 9.35. The molecular weight excluding hydrogens is 366 g/mol. The third-order valence-electron chi connectivity index (χ3n) is 4.54. The molecule has 118 valence electrons. The SMILES string of the molecule is O=C(NC1(C(=O)O)CCSCC1)C1CC1c1ccc(Br)cc1. The molecule has 2 fully saturated rings. The van der Waals surface area contributed by atoms with Gasteiger partial charge in [-0.2, -0.15) is 11.8 Å². The zero-order valence-electron chi connectivity index (χ0n) is 12.0. The van der Waals surface area contributed by atoms with Crippen molar-refractivity contribution >= 4 is 39.6 Å². The number of hydrogen-bond acceptors (Lipinski definition) is 3. The Morgan fingerprint density at radius 1 is 1.23 bits per heavy atom. The van der Waals surface area contributed by atoms with Crippen LogP contribution < -0.4 is 5.32 Å². The van der Waals surface area contributed by atoms with Crippen molar-refractivity contribution in [3.63, 3.8) is 0 Å². The molecule has 1 aromatic rings. The molecular formula is C16H18BrNO3S. The Morgan fingerprint density at radius 3 is 2.45 bits per heavy atom. The number of hydrogen-bond donors (Lipinski definition) is 2. The number of carboxylic acids is 1. The number of benzene rings is 1. The second kappa shape index (κ2) is 6.24. The number of carboxylic acid groups (broad SMARTS) is 1.